The molecule has 1 aromatic carbocycles. The van der Waals surface area contributed by atoms with Gasteiger partial charge in [0.1, 0.15) is 29.8 Å². The Balaban J connectivity index is 1.17. The number of carbonyl (C=O) groups excluding carboxylic acids is 4. The van der Waals surface area contributed by atoms with E-state index < -0.39 is 123 Å². The predicted octanol–water partition coefficient (Wildman–Crippen LogP) is 4.60. The summed E-state index contributed by atoms with van der Waals surface area (Å²) >= 11 is 0. The molecule has 3 N–H and O–H groups in total. The van der Waals surface area contributed by atoms with Crippen molar-refractivity contribution in [1.29, 1.82) is 5.26 Å². The van der Waals surface area contributed by atoms with Gasteiger partial charge in [-0.25, -0.2) is 32.0 Å². The number of halogens is 4. The highest BCUT2D eigenvalue weighted by molar-refractivity contribution is 7.91. The van der Waals surface area contributed by atoms with Gasteiger partial charge in [-0.05, 0) is 99.3 Å². The summed E-state index contributed by atoms with van der Waals surface area (Å²) in [6, 6.07) is 3.08. The van der Waals surface area contributed by atoms with Crippen LogP contribution in [0.4, 0.5) is 22.4 Å². The van der Waals surface area contributed by atoms with Crippen LogP contribution in [0.1, 0.15) is 90.3 Å². The van der Waals surface area contributed by atoms with Crippen LogP contribution in [0.15, 0.2) is 30.4 Å². The fourth-order valence-corrected chi connectivity index (χ4v) is 10.4. The number of alkyl carbamates (subject to hydrolysis) is 1. The number of allylic oxidation sites excluding steroid dienone is 2. The van der Waals surface area contributed by atoms with Gasteiger partial charge in [-0.3, -0.25) is 19.1 Å². The molecule has 1 aromatic heterocycles. The minimum Gasteiger partial charge on any atom is -0.471 e. The van der Waals surface area contributed by atoms with E-state index in [0.717, 1.165) is 11.3 Å². The Kier molecular flexibility index (Phi) is 10.3. The Labute approximate surface area is 349 Å². The van der Waals surface area contributed by atoms with Crippen molar-refractivity contribution in [2.45, 2.75) is 126 Å². The number of nitrogens with one attached hydrogen (secondary N) is 3. The quantitative estimate of drug-likeness (QED) is 0.270. The Morgan fingerprint density at radius 2 is 1.80 bits per heavy atom. The van der Waals surface area contributed by atoms with Crippen LogP contribution in [0.5, 0.6) is 5.88 Å². The van der Waals surface area contributed by atoms with Gasteiger partial charge in [0, 0.05) is 6.42 Å². The van der Waals surface area contributed by atoms with Crippen LogP contribution in [0.2, 0.25) is 0 Å². The van der Waals surface area contributed by atoms with Gasteiger partial charge in [-0.15, -0.1) is 0 Å². The molecule has 5 fully saturated rings. The lowest BCUT2D eigenvalue weighted by atomic mass is 9.85. The Hall–Kier alpha value is -5.06. The lowest BCUT2D eigenvalue weighted by Crippen LogP contribution is -2.60. The molecule has 2 aliphatic heterocycles. The van der Waals surface area contributed by atoms with E-state index in [0.29, 0.717) is 24.8 Å². The van der Waals surface area contributed by atoms with E-state index in [1.54, 1.807) is 20.8 Å². The third kappa shape index (κ3) is 7.98. The molecule has 6 aliphatic rings. The summed E-state index contributed by atoms with van der Waals surface area (Å²) < 4.78 is 99.8. The maximum absolute atomic E-state index is 16.3. The number of alkyl halides is 4. The molecule has 8 rings (SSSR count). The summed E-state index contributed by atoms with van der Waals surface area (Å²) in [5.74, 6) is -9.06. The molecule has 9 atom stereocenters. The van der Waals surface area contributed by atoms with Crippen LogP contribution in [0.3, 0.4) is 0 Å². The smallest absolute Gasteiger partial charge is 0.408 e. The first-order valence-corrected chi connectivity index (χ1v) is 21.9. The SMILES string of the molecule is CC(C)(C)[C@@H]1NC(=O)O[C@@H]2C[C@@H]3C[C@@H]3[C@H]2CCC=CC(F)(F)c2nc3ccc(C#N)cc3nc2O[C@@H]2C[C@@H](C(=O)N[C@]3(C(=O)NS(=O)(=O)C4(C)CC4)C[C@H]3C(F)F)N(C2)C1=O. The number of amides is 4. The number of nitrogens with zero attached hydrogens (tertiary/aromatic N) is 4. The van der Waals surface area contributed by atoms with Crippen molar-refractivity contribution in [2.24, 2.45) is 29.1 Å². The molecule has 0 radical (unpaired) electrons. The summed E-state index contributed by atoms with van der Waals surface area (Å²) in [6.45, 7) is 5.90. The van der Waals surface area contributed by atoms with Crippen LogP contribution in [-0.2, 0) is 35.1 Å². The van der Waals surface area contributed by atoms with Crippen molar-refractivity contribution in [3.05, 3.63) is 41.6 Å². The molecule has 1 saturated heterocycles. The standard InChI is InChI=1S/C41H47F4N7O8S/c1-38(2,3)31-35(54)52-19-22(16-28(52)33(53)50-40(17-25(40)32(42)43)36(55)51-61(57,58)39(4)11-12-39)59-34-30(47-26-9-8-20(18-46)13-27(26)48-34)41(44,45)10-6-5-7-23-24-14-21(24)15-29(23)60-37(56)49-31/h6,8-10,13,21-25,28-29,31-32H,5,7,11-12,14-17,19H2,1-4H3,(H,49,56)(H,50,53)(H,51,55)/t21-,22+,23+,24-,25-,28-,29+,31+,40+/m0/s1. The number of ether oxygens (including phenoxy) is 2. The van der Waals surface area contributed by atoms with E-state index in [4.69, 9.17) is 9.47 Å². The average molecular weight is 874 g/mol. The highest BCUT2D eigenvalue weighted by atomic mass is 32.2. The van der Waals surface area contributed by atoms with Crippen molar-refractivity contribution in [3.63, 3.8) is 0 Å². The van der Waals surface area contributed by atoms with Crippen LogP contribution >= 0.6 is 0 Å². The Bertz CT molecular complexity index is 2370. The maximum Gasteiger partial charge on any atom is 0.408 e. The predicted molar refractivity (Wildman–Crippen MR) is 207 cm³/mol. The fourth-order valence-electron chi connectivity index (χ4n) is 9.13. The van der Waals surface area contributed by atoms with Gasteiger partial charge in [-0.1, -0.05) is 26.8 Å². The van der Waals surface area contributed by atoms with Gasteiger partial charge in [-0.2, -0.15) is 14.0 Å². The first-order valence-electron chi connectivity index (χ1n) is 20.4. The molecule has 2 aromatic rings. The second-order valence-electron chi connectivity index (χ2n) is 18.7. The second-order valence-corrected chi connectivity index (χ2v) is 20.9. The lowest BCUT2D eigenvalue weighted by molar-refractivity contribution is -0.143. The van der Waals surface area contributed by atoms with Crippen LogP contribution in [0.25, 0.3) is 11.0 Å². The molecular weight excluding hydrogens is 827 g/mol. The molecule has 20 heteroatoms. The third-order valence-electron chi connectivity index (χ3n) is 13.3. The molecule has 3 heterocycles. The highest BCUT2D eigenvalue weighted by Gasteiger charge is 2.67. The van der Waals surface area contributed by atoms with Crippen molar-refractivity contribution < 1.29 is 54.6 Å². The van der Waals surface area contributed by atoms with Gasteiger partial charge in [0.15, 0.2) is 5.69 Å². The van der Waals surface area contributed by atoms with Gasteiger partial charge < -0.3 is 25.0 Å². The molecule has 61 heavy (non-hydrogen) atoms. The lowest BCUT2D eigenvalue weighted by Gasteiger charge is -2.36. The number of hydrogen-bond acceptors (Lipinski definition) is 11. The zero-order valence-corrected chi connectivity index (χ0v) is 34.7. The van der Waals surface area contributed by atoms with E-state index in [-0.39, 0.29) is 47.7 Å². The minimum absolute atomic E-state index is 0.0332. The normalized spacial score (nSPS) is 32.8. The summed E-state index contributed by atoms with van der Waals surface area (Å²) in [5, 5.41) is 14.5. The third-order valence-corrected chi connectivity index (χ3v) is 15.4. The van der Waals surface area contributed by atoms with E-state index in [1.807, 2.05) is 10.8 Å². The topological polar surface area (TPSA) is 210 Å². The summed E-state index contributed by atoms with van der Waals surface area (Å²) in [7, 11) is -4.32. The van der Waals surface area contributed by atoms with Crippen molar-refractivity contribution in [3.8, 4) is 11.9 Å². The number of hydrogen-bond donors (Lipinski definition) is 3. The number of nitriles is 1. The summed E-state index contributed by atoms with van der Waals surface area (Å²) in [4.78, 5) is 65.8. The molecule has 4 saturated carbocycles. The average Bonchev–Trinajstić information content (AvgIpc) is 4.14. The maximum atomic E-state index is 16.3. The summed E-state index contributed by atoms with van der Waals surface area (Å²) in [6.07, 6.45) is -2.29. The van der Waals surface area contributed by atoms with Crippen LogP contribution < -0.4 is 20.1 Å². The molecule has 2 bridgehead atoms. The van der Waals surface area contributed by atoms with Crippen molar-refractivity contribution >= 4 is 44.9 Å². The van der Waals surface area contributed by atoms with E-state index in [9.17, 15) is 41.6 Å². The first kappa shape index (κ1) is 42.6. The fraction of sp³-hybridized carbons (Fsp3) is 0.634. The first-order chi connectivity index (χ1) is 28.6. The van der Waals surface area contributed by atoms with Gasteiger partial charge in [0.2, 0.25) is 34.1 Å². The number of sulfonamides is 1. The number of fused-ring (bicyclic) bond motifs is 7. The highest BCUT2D eigenvalue weighted by Crippen LogP contribution is 2.58. The van der Waals surface area contributed by atoms with E-state index >= 15 is 8.78 Å². The molecule has 4 aliphatic carbocycles. The van der Waals surface area contributed by atoms with Crippen molar-refractivity contribution in [1.82, 2.24) is 30.2 Å². The van der Waals surface area contributed by atoms with E-state index in [1.165, 1.54) is 31.2 Å². The van der Waals surface area contributed by atoms with Crippen LogP contribution in [-0.4, -0.2) is 94.6 Å². The number of rotatable bonds is 6. The van der Waals surface area contributed by atoms with Gasteiger partial charge >= 0.3 is 12.0 Å². The Morgan fingerprint density at radius 3 is 2.46 bits per heavy atom. The molecule has 15 nitrogen and oxygen atoms in total. The largest absolute Gasteiger partial charge is 0.471 e. The zero-order valence-electron chi connectivity index (χ0n) is 33.9. The van der Waals surface area contributed by atoms with Gasteiger partial charge in [0.05, 0.1) is 39.9 Å². The van der Waals surface area contributed by atoms with Crippen LogP contribution in [0, 0.1) is 40.4 Å². The van der Waals surface area contributed by atoms with E-state index in [2.05, 4.69) is 20.6 Å². The molecule has 0 unspecified atom stereocenters. The number of aromatic nitrogens is 2. The number of benzene rings is 1. The molecule has 4 amide bonds. The zero-order chi connectivity index (χ0) is 44.0. The van der Waals surface area contributed by atoms with Crippen molar-refractivity contribution in [2.75, 3.05) is 6.54 Å². The monoisotopic (exact) mass is 873 g/mol. The molecule has 328 valence electrons. The summed E-state index contributed by atoms with van der Waals surface area (Å²) in [5.41, 5.74) is -4.04. The second kappa shape index (κ2) is 14.8. The molecular formula is C41H47F4N7O8S. The number of carbonyl (C=O) groups is 4. The Morgan fingerprint density at radius 1 is 1.07 bits per heavy atom. The minimum atomic E-state index is -4.32. The van der Waals surface area contributed by atoms with Gasteiger partial charge in [0.25, 0.3) is 5.91 Å². The molecule has 0 spiro atoms.